The van der Waals surface area contributed by atoms with Crippen LogP contribution in [-0.2, 0) is 11.2 Å². The van der Waals surface area contributed by atoms with Crippen molar-refractivity contribution >= 4 is 35.0 Å². The summed E-state index contributed by atoms with van der Waals surface area (Å²) in [5.41, 5.74) is 2.06. The first-order valence-electron chi connectivity index (χ1n) is 8.28. The van der Waals surface area contributed by atoms with Gasteiger partial charge in [-0.2, -0.15) is 10.1 Å². The van der Waals surface area contributed by atoms with Crippen LogP contribution in [0.5, 0.6) is 0 Å². The van der Waals surface area contributed by atoms with Gasteiger partial charge in [-0.25, -0.2) is 4.79 Å². The second-order valence-electron chi connectivity index (χ2n) is 5.63. The Kier molecular flexibility index (Phi) is 6.17. The van der Waals surface area contributed by atoms with Crippen molar-refractivity contribution in [3.8, 4) is 0 Å². The molecule has 0 radical (unpaired) electrons. The van der Waals surface area contributed by atoms with Crippen molar-refractivity contribution in [1.82, 2.24) is 15.2 Å². The zero-order valence-electron chi connectivity index (χ0n) is 14.6. The molecule has 2 aromatic carbocycles. The minimum atomic E-state index is -0.443. The first-order chi connectivity index (χ1) is 13.2. The molecule has 0 aliphatic heterocycles. The van der Waals surface area contributed by atoms with Gasteiger partial charge < -0.3 is 15.4 Å². The molecule has 27 heavy (non-hydrogen) atoms. The maximum atomic E-state index is 11.9. The van der Waals surface area contributed by atoms with Crippen LogP contribution in [0.15, 0.2) is 54.7 Å². The number of rotatable bonds is 7. The second kappa shape index (κ2) is 8.95. The predicted octanol–water partition coefficient (Wildman–Crippen LogP) is 3.71. The Morgan fingerprint density at radius 1 is 1.19 bits per heavy atom. The summed E-state index contributed by atoms with van der Waals surface area (Å²) < 4.78 is 4.78. The molecule has 0 amide bonds. The zero-order valence-corrected chi connectivity index (χ0v) is 15.4. The Hall–Kier alpha value is -3.19. The van der Waals surface area contributed by atoms with Crippen molar-refractivity contribution in [3.63, 3.8) is 0 Å². The highest BCUT2D eigenvalue weighted by Crippen LogP contribution is 2.19. The van der Waals surface area contributed by atoms with Gasteiger partial charge >= 0.3 is 5.97 Å². The van der Waals surface area contributed by atoms with Gasteiger partial charge in [-0.05, 0) is 36.2 Å². The normalized spacial score (nSPS) is 10.3. The molecule has 0 saturated heterocycles. The van der Waals surface area contributed by atoms with Crippen LogP contribution in [0, 0.1) is 0 Å². The number of ether oxygens (including phenoxy) is 1. The average molecular weight is 384 g/mol. The molecule has 7 nitrogen and oxygen atoms in total. The van der Waals surface area contributed by atoms with Crippen LogP contribution >= 0.6 is 11.6 Å². The fourth-order valence-electron chi connectivity index (χ4n) is 2.47. The maximum absolute atomic E-state index is 11.9. The molecule has 0 atom stereocenters. The van der Waals surface area contributed by atoms with Crippen LogP contribution in [0.2, 0.25) is 5.02 Å². The summed E-state index contributed by atoms with van der Waals surface area (Å²) in [5.74, 6) is 0.408. The molecule has 2 N–H and O–H groups in total. The van der Waals surface area contributed by atoms with E-state index in [4.69, 9.17) is 16.3 Å². The lowest BCUT2D eigenvalue weighted by Gasteiger charge is -2.10. The van der Waals surface area contributed by atoms with Gasteiger partial charge in [0.2, 0.25) is 5.95 Å². The molecule has 8 heteroatoms. The van der Waals surface area contributed by atoms with Gasteiger partial charge in [0.15, 0.2) is 5.82 Å². The van der Waals surface area contributed by atoms with Crippen molar-refractivity contribution in [1.29, 1.82) is 0 Å². The molecule has 0 fully saturated rings. The van der Waals surface area contributed by atoms with Crippen LogP contribution in [-0.4, -0.2) is 34.8 Å². The smallest absolute Gasteiger partial charge is 0.339 e. The third-order valence-electron chi connectivity index (χ3n) is 3.75. The molecular weight excluding hydrogens is 366 g/mol. The number of halogens is 1. The number of nitrogens with zero attached hydrogens (tertiary/aromatic N) is 3. The molecule has 3 rings (SSSR count). The molecule has 0 aliphatic rings. The Bertz CT molecular complexity index is 935. The van der Waals surface area contributed by atoms with Crippen molar-refractivity contribution in [2.24, 2.45) is 0 Å². The van der Waals surface area contributed by atoms with Crippen LogP contribution < -0.4 is 10.6 Å². The number of methoxy groups -OCH3 is 1. The number of anilines is 3. The summed E-state index contributed by atoms with van der Waals surface area (Å²) in [4.78, 5) is 16.2. The third-order valence-corrected chi connectivity index (χ3v) is 3.98. The predicted molar refractivity (Wildman–Crippen MR) is 105 cm³/mol. The van der Waals surface area contributed by atoms with E-state index in [1.54, 1.807) is 24.3 Å². The monoisotopic (exact) mass is 383 g/mol. The molecular formula is C19H18ClN5O2. The van der Waals surface area contributed by atoms with E-state index in [1.165, 1.54) is 13.3 Å². The first-order valence-corrected chi connectivity index (χ1v) is 8.66. The largest absolute Gasteiger partial charge is 0.465 e. The van der Waals surface area contributed by atoms with E-state index in [-0.39, 0.29) is 5.95 Å². The zero-order chi connectivity index (χ0) is 19.1. The Labute approximate surface area is 161 Å². The van der Waals surface area contributed by atoms with Crippen molar-refractivity contribution in [2.45, 2.75) is 6.42 Å². The van der Waals surface area contributed by atoms with Gasteiger partial charge in [0, 0.05) is 11.6 Å². The van der Waals surface area contributed by atoms with Gasteiger partial charge in [0.1, 0.15) is 0 Å². The number of hydrogen-bond donors (Lipinski definition) is 2. The summed E-state index contributed by atoms with van der Waals surface area (Å²) in [6, 6.07) is 14.7. The molecule has 0 spiro atoms. The fraction of sp³-hybridized carbons (Fsp3) is 0.158. The summed E-state index contributed by atoms with van der Waals surface area (Å²) in [5, 5.41) is 14.8. The summed E-state index contributed by atoms with van der Waals surface area (Å²) in [6.07, 6.45) is 2.33. The van der Waals surface area contributed by atoms with Crippen molar-refractivity contribution in [2.75, 3.05) is 24.3 Å². The highest BCUT2D eigenvalue weighted by molar-refractivity contribution is 6.30. The molecule has 0 bridgehead atoms. The average Bonchev–Trinajstić information content (AvgIpc) is 2.68. The van der Waals surface area contributed by atoms with E-state index in [1.807, 2.05) is 24.3 Å². The SMILES string of the molecule is COC(=O)c1ccccc1Nc1nncc(NCCc2cccc(Cl)c2)n1. The molecule has 1 aromatic heterocycles. The number of esters is 1. The lowest BCUT2D eigenvalue weighted by molar-refractivity contribution is 0.0602. The van der Waals surface area contributed by atoms with E-state index in [0.717, 1.165) is 12.0 Å². The third kappa shape index (κ3) is 5.15. The lowest BCUT2D eigenvalue weighted by Crippen LogP contribution is -2.10. The summed E-state index contributed by atoms with van der Waals surface area (Å²) in [7, 11) is 1.33. The maximum Gasteiger partial charge on any atom is 0.339 e. The number of aromatic nitrogens is 3. The minimum absolute atomic E-state index is 0.277. The molecule has 138 valence electrons. The van der Waals surface area contributed by atoms with Crippen LogP contribution in [0.25, 0.3) is 0 Å². The minimum Gasteiger partial charge on any atom is -0.465 e. The summed E-state index contributed by atoms with van der Waals surface area (Å²) in [6.45, 7) is 0.664. The van der Waals surface area contributed by atoms with Crippen molar-refractivity contribution < 1.29 is 9.53 Å². The van der Waals surface area contributed by atoms with Gasteiger partial charge in [0.05, 0.1) is 24.6 Å². The number of nitrogens with one attached hydrogen (secondary N) is 2. The molecule has 0 aliphatic carbocycles. The quantitative estimate of drug-likeness (QED) is 0.601. The van der Waals surface area contributed by atoms with Crippen LogP contribution in [0.3, 0.4) is 0 Å². The Morgan fingerprint density at radius 3 is 2.85 bits per heavy atom. The van der Waals surface area contributed by atoms with Crippen LogP contribution in [0.4, 0.5) is 17.5 Å². The molecule has 0 saturated carbocycles. The Morgan fingerprint density at radius 2 is 2.04 bits per heavy atom. The summed E-state index contributed by atoms with van der Waals surface area (Å²) >= 11 is 5.99. The highest BCUT2D eigenvalue weighted by Gasteiger charge is 2.12. The Balaban J connectivity index is 1.65. The lowest BCUT2D eigenvalue weighted by atomic mass is 10.1. The second-order valence-corrected chi connectivity index (χ2v) is 6.07. The first kappa shape index (κ1) is 18.6. The van der Waals surface area contributed by atoms with Crippen LogP contribution in [0.1, 0.15) is 15.9 Å². The van der Waals surface area contributed by atoms with E-state index >= 15 is 0 Å². The number of benzene rings is 2. The number of carbonyl (C=O) groups is 1. The standard InChI is InChI=1S/C19H18ClN5O2/c1-27-18(26)15-7-2-3-8-16(15)23-19-24-17(12-22-25-19)21-10-9-13-5-4-6-14(20)11-13/h2-8,11-12H,9-10H2,1H3,(H2,21,23,24,25). The van der Waals surface area contributed by atoms with Gasteiger partial charge in [-0.1, -0.05) is 35.9 Å². The molecule has 0 unspecified atom stereocenters. The number of carbonyl (C=O) groups excluding carboxylic acids is 1. The fourth-order valence-corrected chi connectivity index (χ4v) is 2.68. The van der Waals surface area contributed by atoms with E-state index < -0.39 is 5.97 Å². The van der Waals surface area contributed by atoms with E-state index in [0.29, 0.717) is 28.6 Å². The number of para-hydroxylation sites is 1. The van der Waals surface area contributed by atoms with E-state index in [9.17, 15) is 4.79 Å². The topological polar surface area (TPSA) is 89.0 Å². The molecule has 1 heterocycles. The van der Waals surface area contributed by atoms with Gasteiger partial charge in [-0.15, -0.1) is 5.10 Å². The highest BCUT2D eigenvalue weighted by atomic mass is 35.5. The van der Waals surface area contributed by atoms with E-state index in [2.05, 4.69) is 25.8 Å². The van der Waals surface area contributed by atoms with Gasteiger partial charge in [-0.3, -0.25) is 0 Å². The van der Waals surface area contributed by atoms with Gasteiger partial charge in [0.25, 0.3) is 0 Å². The number of hydrogen-bond acceptors (Lipinski definition) is 7. The molecule has 3 aromatic rings. The van der Waals surface area contributed by atoms with Crippen molar-refractivity contribution in [3.05, 3.63) is 70.9 Å².